The summed E-state index contributed by atoms with van der Waals surface area (Å²) in [7, 11) is 1.95. The maximum Gasteiger partial charge on any atom is 0.123 e. The molecule has 1 aromatic carbocycles. The second-order valence-corrected chi connectivity index (χ2v) is 6.68. The second kappa shape index (κ2) is 6.98. The summed E-state index contributed by atoms with van der Waals surface area (Å²) in [5, 5.41) is 7.87. The molecule has 3 aromatic rings. The van der Waals surface area contributed by atoms with Gasteiger partial charge in [0.2, 0.25) is 0 Å². The largest absolute Gasteiger partial charge is 0.373 e. The molecule has 132 valence electrons. The molecule has 1 aliphatic rings. The lowest BCUT2D eigenvalue weighted by Crippen LogP contribution is -2.25. The maximum absolute atomic E-state index is 5.95. The quantitative estimate of drug-likeness (QED) is 0.750. The van der Waals surface area contributed by atoms with Crippen LogP contribution >= 0.6 is 0 Å². The third-order valence-electron chi connectivity index (χ3n) is 5.01. The molecule has 2 unspecified atom stereocenters. The number of aryl methyl sites for hydroxylation is 2. The van der Waals surface area contributed by atoms with E-state index in [0.29, 0.717) is 5.92 Å². The lowest BCUT2D eigenvalue weighted by atomic mass is 9.97. The zero-order chi connectivity index (χ0) is 17.2. The number of rotatable bonds is 6. The van der Waals surface area contributed by atoms with E-state index in [1.807, 2.05) is 24.0 Å². The third kappa shape index (κ3) is 3.19. The molecular weight excluding hydrogens is 314 g/mol. The van der Waals surface area contributed by atoms with E-state index in [9.17, 15) is 0 Å². The Hall–Kier alpha value is -2.18. The SMILES string of the molecule is CCn1c(CNCC2CCOC2c2cnn(C)c2)nc2ccccc21. The van der Waals surface area contributed by atoms with Gasteiger partial charge in [-0.25, -0.2) is 4.98 Å². The van der Waals surface area contributed by atoms with E-state index in [4.69, 9.17) is 9.72 Å². The summed E-state index contributed by atoms with van der Waals surface area (Å²) in [6.45, 7) is 5.62. The van der Waals surface area contributed by atoms with Gasteiger partial charge in [-0.3, -0.25) is 4.68 Å². The summed E-state index contributed by atoms with van der Waals surface area (Å²) < 4.78 is 10.1. The number of aromatic nitrogens is 4. The van der Waals surface area contributed by atoms with Crippen LogP contribution in [0, 0.1) is 5.92 Å². The van der Waals surface area contributed by atoms with Crippen molar-refractivity contribution in [2.45, 2.75) is 32.5 Å². The highest BCUT2D eigenvalue weighted by Crippen LogP contribution is 2.33. The molecule has 2 atom stereocenters. The Morgan fingerprint density at radius 1 is 1.32 bits per heavy atom. The van der Waals surface area contributed by atoms with Gasteiger partial charge in [0.05, 0.1) is 29.9 Å². The number of hydrogen-bond donors (Lipinski definition) is 1. The van der Waals surface area contributed by atoms with Gasteiger partial charge in [0.25, 0.3) is 0 Å². The Kier molecular flexibility index (Phi) is 4.55. The summed E-state index contributed by atoms with van der Waals surface area (Å²) in [5.74, 6) is 1.57. The molecule has 0 spiro atoms. The van der Waals surface area contributed by atoms with Crippen LogP contribution in [-0.2, 0) is 24.9 Å². The first kappa shape index (κ1) is 16.3. The Bertz CT molecular complexity index is 852. The average molecular weight is 339 g/mol. The molecule has 6 nitrogen and oxygen atoms in total. The van der Waals surface area contributed by atoms with Crippen molar-refractivity contribution in [2.75, 3.05) is 13.2 Å². The van der Waals surface area contributed by atoms with Crippen LogP contribution in [0.25, 0.3) is 11.0 Å². The van der Waals surface area contributed by atoms with Gasteiger partial charge in [-0.1, -0.05) is 12.1 Å². The number of imidazole rings is 1. The van der Waals surface area contributed by atoms with E-state index in [1.165, 1.54) is 11.1 Å². The summed E-state index contributed by atoms with van der Waals surface area (Å²) in [6.07, 6.45) is 5.20. The van der Waals surface area contributed by atoms with Gasteiger partial charge in [0.15, 0.2) is 0 Å². The normalized spacial score (nSPS) is 20.6. The number of nitrogens with one attached hydrogen (secondary N) is 1. The molecule has 2 aromatic heterocycles. The molecule has 1 N–H and O–H groups in total. The molecule has 0 aliphatic carbocycles. The van der Waals surface area contributed by atoms with E-state index >= 15 is 0 Å². The van der Waals surface area contributed by atoms with Gasteiger partial charge in [-0.15, -0.1) is 0 Å². The first-order valence-corrected chi connectivity index (χ1v) is 9.01. The average Bonchev–Trinajstić information content (AvgIpc) is 3.32. The second-order valence-electron chi connectivity index (χ2n) is 6.68. The fourth-order valence-electron chi connectivity index (χ4n) is 3.78. The summed E-state index contributed by atoms with van der Waals surface area (Å²) in [5.41, 5.74) is 3.45. The van der Waals surface area contributed by atoms with Gasteiger partial charge in [-0.05, 0) is 25.5 Å². The van der Waals surface area contributed by atoms with Crippen molar-refractivity contribution in [3.63, 3.8) is 0 Å². The van der Waals surface area contributed by atoms with Gasteiger partial charge in [0.1, 0.15) is 5.82 Å². The number of nitrogens with zero attached hydrogens (tertiary/aromatic N) is 4. The Labute approximate surface area is 147 Å². The summed E-state index contributed by atoms with van der Waals surface area (Å²) in [4.78, 5) is 4.78. The van der Waals surface area contributed by atoms with Crippen molar-refractivity contribution in [2.24, 2.45) is 13.0 Å². The summed E-state index contributed by atoms with van der Waals surface area (Å²) >= 11 is 0. The molecule has 0 amide bonds. The number of para-hydroxylation sites is 2. The smallest absolute Gasteiger partial charge is 0.123 e. The van der Waals surface area contributed by atoms with Gasteiger partial charge >= 0.3 is 0 Å². The van der Waals surface area contributed by atoms with E-state index in [2.05, 4.69) is 46.3 Å². The van der Waals surface area contributed by atoms with Crippen LogP contribution < -0.4 is 5.32 Å². The van der Waals surface area contributed by atoms with Crippen molar-refractivity contribution in [1.29, 1.82) is 0 Å². The number of benzene rings is 1. The minimum Gasteiger partial charge on any atom is -0.373 e. The molecule has 6 heteroatoms. The highest BCUT2D eigenvalue weighted by Gasteiger charge is 2.30. The fourth-order valence-corrected chi connectivity index (χ4v) is 3.78. The zero-order valence-electron chi connectivity index (χ0n) is 14.9. The molecule has 0 saturated carbocycles. The molecule has 1 fully saturated rings. The van der Waals surface area contributed by atoms with Crippen molar-refractivity contribution in [3.8, 4) is 0 Å². The van der Waals surface area contributed by atoms with Gasteiger partial charge < -0.3 is 14.6 Å². The van der Waals surface area contributed by atoms with Gasteiger partial charge in [-0.2, -0.15) is 5.10 Å². The van der Waals surface area contributed by atoms with Crippen LogP contribution in [-0.4, -0.2) is 32.5 Å². The van der Waals surface area contributed by atoms with Crippen molar-refractivity contribution < 1.29 is 4.74 Å². The van der Waals surface area contributed by atoms with Crippen LogP contribution in [0.5, 0.6) is 0 Å². The predicted molar refractivity (Wildman–Crippen MR) is 97.1 cm³/mol. The highest BCUT2D eigenvalue weighted by atomic mass is 16.5. The first-order valence-electron chi connectivity index (χ1n) is 9.01. The molecule has 1 saturated heterocycles. The fraction of sp³-hybridized carbons (Fsp3) is 0.474. The monoisotopic (exact) mass is 339 g/mol. The first-order chi connectivity index (χ1) is 12.3. The van der Waals surface area contributed by atoms with Crippen LogP contribution in [0.3, 0.4) is 0 Å². The van der Waals surface area contributed by atoms with Crippen LogP contribution in [0.2, 0.25) is 0 Å². The van der Waals surface area contributed by atoms with E-state index in [0.717, 1.165) is 44.0 Å². The van der Waals surface area contributed by atoms with Crippen LogP contribution in [0.4, 0.5) is 0 Å². The molecule has 25 heavy (non-hydrogen) atoms. The molecule has 0 radical (unpaired) electrons. The van der Waals surface area contributed by atoms with Crippen molar-refractivity contribution >= 4 is 11.0 Å². The minimum absolute atomic E-state index is 0.145. The molecule has 3 heterocycles. The predicted octanol–water partition coefficient (Wildman–Crippen LogP) is 2.66. The lowest BCUT2D eigenvalue weighted by Gasteiger charge is -2.18. The lowest BCUT2D eigenvalue weighted by molar-refractivity contribution is 0.0903. The number of ether oxygens (including phenoxy) is 1. The van der Waals surface area contributed by atoms with E-state index in [-0.39, 0.29) is 6.10 Å². The van der Waals surface area contributed by atoms with Crippen molar-refractivity contribution in [1.82, 2.24) is 24.6 Å². The maximum atomic E-state index is 5.95. The minimum atomic E-state index is 0.145. The molecule has 4 rings (SSSR count). The summed E-state index contributed by atoms with van der Waals surface area (Å²) in [6, 6.07) is 8.33. The van der Waals surface area contributed by atoms with E-state index < -0.39 is 0 Å². The Morgan fingerprint density at radius 3 is 3.00 bits per heavy atom. The van der Waals surface area contributed by atoms with E-state index in [1.54, 1.807) is 0 Å². The topological polar surface area (TPSA) is 56.9 Å². The van der Waals surface area contributed by atoms with Crippen LogP contribution in [0.1, 0.15) is 30.8 Å². The van der Waals surface area contributed by atoms with Crippen LogP contribution in [0.15, 0.2) is 36.7 Å². The molecule has 0 bridgehead atoms. The Morgan fingerprint density at radius 2 is 2.20 bits per heavy atom. The highest BCUT2D eigenvalue weighted by molar-refractivity contribution is 5.75. The van der Waals surface area contributed by atoms with Crippen molar-refractivity contribution in [3.05, 3.63) is 48.0 Å². The third-order valence-corrected chi connectivity index (χ3v) is 5.01. The molecule has 1 aliphatic heterocycles. The zero-order valence-corrected chi connectivity index (χ0v) is 14.9. The Balaban J connectivity index is 1.42. The number of hydrogen-bond acceptors (Lipinski definition) is 4. The molecular formula is C19H25N5O. The van der Waals surface area contributed by atoms with Gasteiger partial charge in [0, 0.05) is 44.4 Å². The number of fused-ring (bicyclic) bond motifs is 1. The standard InChI is InChI=1S/C19H25N5O/c1-3-24-17-7-5-4-6-16(17)22-18(24)12-20-10-14-8-9-25-19(14)15-11-21-23(2)13-15/h4-7,11,13-14,19-20H,3,8-10,12H2,1-2H3.